The second-order valence-corrected chi connectivity index (χ2v) is 9.28. The highest BCUT2D eigenvalue weighted by Gasteiger charge is 2.30. The van der Waals surface area contributed by atoms with Crippen LogP contribution in [0.15, 0.2) is 24.5 Å². The number of methoxy groups -OCH3 is 1. The third kappa shape index (κ3) is 3.79. The Bertz CT molecular complexity index is 1350. The fourth-order valence-electron chi connectivity index (χ4n) is 4.66. The molecule has 10 nitrogen and oxygen atoms in total. The van der Waals surface area contributed by atoms with Crippen molar-refractivity contribution >= 4 is 28.2 Å². The van der Waals surface area contributed by atoms with Gasteiger partial charge < -0.3 is 20.5 Å². The summed E-state index contributed by atoms with van der Waals surface area (Å²) in [5.74, 6) is 0.901. The zero-order valence-corrected chi connectivity index (χ0v) is 19.7. The minimum Gasteiger partial charge on any atom is -0.494 e. The van der Waals surface area contributed by atoms with E-state index in [-0.39, 0.29) is 23.7 Å². The third-order valence-electron chi connectivity index (χ3n) is 6.68. The molecule has 4 atom stereocenters. The molecule has 0 saturated carbocycles. The van der Waals surface area contributed by atoms with E-state index in [1.807, 2.05) is 19.3 Å². The first-order valence-corrected chi connectivity index (χ1v) is 11.4. The molecule has 34 heavy (non-hydrogen) atoms. The van der Waals surface area contributed by atoms with Gasteiger partial charge in [0.15, 0.2) is 23.0 Å². The van der Waals surface area contributed by atoms with Crippen molar-refractivity contribution in [2.75, 3.05) is 30.8 Å². The summed E-state index contributed by atoms with van der Waals surface area (Å²) in [6.45, 7) is 7.49. The van der Waals surface area contributed by atoms with Crippen LogP contribution in [0.4, 0.5) is 16.0 Å². The number of aromatic nitrogens is 6. The molecule has 3 aromatic heterocycles. The van der Waals surface area contributed by atoms with Crippen molar-refractivity contribution in [2.45, 2.75) is 45.3 Å². The molecule has 0 bridgehead atoms. The molecule has 180 valence electrons. The van der Waals surface area contributed by atoms with E-state index in [0.717, 1.165) is 18.7 Å². The molecule has 1 fully saturated rings. The number of rotatable bonds is 5. The van der Waals surface area contributed by atoms with Crippen LogP contribution in [-0.4, -0.2) is 60.8 Å². The number of aliphatic hydroxyl groups excluding tert-OH is 1. The lowest BCUT2D eigenvalue weighted by Crippen LogP contribution is -2.39. The van der Waals surface area contributed by atoms with Gasteiger partial charge in [-0.1, -0.05) is 6.92 Å². The molecule has 1 aromatic carbocycles. The fourth-order valence-corrected chi connectivity index (χ4v) is 4.66. The molecular weight excluding hydrogens is 439 g/mol. The van der Waals surface area contributed by atoms with Gasteiger partial charge in [0.2, 0.25) is 5.95 Å². The maximum absolute atomic E-state index is 14.4. The van der Waals surface area contributed by atoms with Gasteiger partial charge in [0, 0.05) is 36.7 Å². The number of ether oxygens (including phenoxy) is 1. The van der Waals surface area contributed by atoms with Crippen LogP contribution in [0.1, 0.15) is 45.0 Å². The Balaban J connectivity index is 1.50. The third-order valence-corrected chi connectivity index (χ3v) is 6.68. The first-order chi connectivity index (χ1) is 16.2. The number of nitrogens with two attached hydrogens (primary N) is 1. The van der Waals surface area contributed by atoms with Crippen LogP contribution < -0.4 is 15.4 Å². The van der Waals surface area contributed by atoms with Crippen molar-refractivity contribution in [1.29, 1.82) is 0 Å². The van der Waals surface area contributed by atoms with E-state index in [9.17, 15) is 9.50 Å². The molecule has 3 N–H and O–H groups in total. The minimum atomic E-state index is -0.498. The Morgan fingerprint density at radius 1 is 1.24 bits per heavy atom. The molecule has 0 radical (unpaired) electrons. The lowest BCUT2D eigenvalue weighted by Gasteiger charge is -2.36. The molecule has 0 amide bonds. The minimum absolute atomic E-state index is 0.0544. The van der Waals surface area contributed by atoms with Crippen LogP contribution in [0.25, 0.3) is 16.6 Å². The molecule has 0 aliphatic carbocycles. The highest BCUT2D eigenvalue weighted by Crippen LogP contribution is 2.33. The molecule has 1 saturated heterocycles. The van der Waals surface area contributed by atoms with Crippen LogP contribution in [0.5, 0.6) is 5.75 Å². The number of anilines is 2. The molecule has 11 heteroatoms. The number of nitrogen functional groups attached to an aromatic ring is 1. The summed E-state index contributed by atoms with van der Waals surface area (Å²) in [7, 11) is 1.41. The average molecular weight is 469 g/mol. The van der Waals surface area contributed by atoms with Crippen LogP contribution in [0, 0.1) is 11.7 Å². The number of halogens is 1. The van der Waals surface area contributed by atoms with Gasteiger partial charge in [0.25, 0.3) is 0 Å². The Morgan fingerprint density at radius 3 is 2.76 bits per heavy atom. The van der Waals surface area contributed by atoms with Crippen LogP contribution >= 0.6 is 0 Å². The van der Waals surface area contributed by atoms with Gasteiger partial charge in [-0.05, 0) is 32.3 Å². The molecular formula is C23H29FN8O2. The van der Waals surface area contributed by atoms with Crippen LogP contribution in [0.2, 0.25) is 0 Å². The Morgan fingerprint density at radius 2 is 2.03 bits per heavy atom. The van der Waals surface area contributed by atoms with Gasteiger partial charge >= 0.3 is 0 Å². The number of hydrogen-bond acceptors (Lipinski definition) is 8. The van der Waals surface area contributed by atoms with Crippen molar-refractivity contribution in [3.05, 3.63) is 36.2 Å². The predicted octanol–water partition coefficient (Wildman–Crippen LogP) is 2.78. The SMILES string of the molecule is COc1cc2nc(N)n3nc([C@H]4C[C@@H](C)CN(c5cnn([C@@H](C)[C@H](C)O)c5)C4)nc3c2cc1F. The molecule has 0 unspecified atom stereocenters. The Hall–Kier alpha value is -3.47. The van der Waals surface area contributed by atoms with E-state index in [4.69, 9.17) is 15.5 Å². The first-order valence-electron chi connectivity index (χ1n) is 11.4. The lowest BCUT2D eigenvalue weighted by molar-refractivity contribution is 0.132. The van der Waals surface area contributed by atoms with Crippen molar-refractivity contribution in [3.63, 3.8) is 0 Å². The number of fused-ring (bicyclic) bond motifs is 3. The quantitative estimate of drug-likeness (QED) is 0.459. The van der Waals surface area contributed by atoms with Gasteiger partial charge in [0.05, 0.1) is 36.7 Å². The van der Waals surface area contributed by atoms with E-state index >= 15 is 0 Å². The van der Waals surface area contributed by atoms with E-state index in [1.54, 1.807) is 11.6 Å². The summed E-state index contributed by atoms with van der Waals surface area (Å²) >= 11 is 0. The smallest absolute Gasteiger partial charge is 0.223 e. The Kier molecular flexibility index (Phi) is 5.51. The van der Waals surface area contributed by atoms with Crippen LogP contribution in [0.3, 0.4) is 0 Å². The van der Waals surface area contributed by atoms with Crippen LogP contribution in [-0.2, 0) is 0 Å². The van der Waals surface area contributed by atoms with Gasteiger partial charge in [-0.3, -0.25) is 4.68 Å². The van der Waals surface area contributed by atoms with Crippen molar-refractivity contribution in [3.8, 4) is 5.75 Å². The topological polar surface area (TPSA) is 120 Å². The maximum atomic E-state index is 14.4. The first kappa shape index (κ1) is 22.3. The molecule has 1 aliphatic rings. The molecule has 4 heterocycles. The van der Waals surface area contributed by atoms with E-state index in [1.165, 1.54) is 23.8 Å². The summed E-state index contributed by atoms with van der Waals surface area (Å²) in [5, 5.41) is 19.5. The van der Waals surface area contributed by atoms with Gasteiger partial charge in [-0.2, -0.15) is 9.61 Å². The number of benzene rings is 1. The van der Waals surface area contributed by atoms with Crippen molar-refractivity contribution in [2.24, 2.45) is 5.92 Å². The molecule has 4 aromatic rings. The normalized spacial score (nSPS) is 20.7. The summed E-state index contributed by atoms with van der Waals surface area (Å²) in [5.41, 5.74) is 8.14. The van der Waals surface area contributed by atoms with Crippen molar-refractivity contribution < 1.29 is 14.2 Å². The number of aliphatic hydroxyl groups is 1. The zero-order valence-electron chi connectivity index (χ0n) is 19.7. The molecule has 5 rings (SSSR count). The van der Waals surface area contributed by atoms with Gasteiger partial charge in [0.1, 0.15) is 0 Å². The number of piperidine rings is 1. The average Bonchev–Trinajstić information content (AvgIpc) is 3.47. The van der Waals surface area contributed by atoms with E-state index in [2.05, 4.69) is 27.0 Å². The molecule has 1 aliphatic heterocycles. The molecule has 0 spiro atoms. The van der Waals surface area contributed by atoms with Gasteiger partial charge in [-0.15, -0.1) is 5.10 Å². The fraction of sp³-hybridized carbons (Fsp3) is 0.478. The second-order valence-electron chi connectivity index (χ2n) is 9.28. The summed E-state index contributed by atoms with van der Waals surface area (Å²) in [6, 6.07) is 2.77. The summed E-state index contributed by atoms with van der Waals surface area (Å²) in [4.78, 5) is 11.4. The summed E-state index contributed by atoms with van der Waals surface area (Å²) in [6.07, 6.45) is 4.21. The Labute approximate surface area is 196 Å². The van der Waals surface area contributed by atoms with E-state index in [0.29, 0.717) is 34.8 Å². The summed E-state index contributed by atoms with van der Waals surface area (Å²) < 4.78 is 22.8. The maximum Gasteiger partial charge on any atom is 0.223 e. The highest BCUT2D eigenvalue weighted by molar-refractivity contribution is 5.93. The monoisotopic (exact) mass is 468 g/mol. The zero-order chi connectivity index (χ0) is 24.1. The largest absolute Gasteiger partial charge is 0.494 e. The second kappa shape index (κ2) is 8.39. The standard InChI is InChI=1S/C23H29FN8O2/c1-12-5-15(10-30(9-12)16-8-26-31(11-16)13(2)14(3)33)21-28-22-17-6-18(24)20(34-4)7-19(17)27-23(25)32(22)29-21/h6-8,11-15,33H,5,9-10H2,1-4H3,(H2,25,27)/t12-,13+,14+,15+/m1/s1. The number of nitrogens with zero attached hydrogens (tertiary/aromatic N) is 7. The lowest BCUT2D eigenvalue weighted by atomic mass is 9.90. The van der Waals surface area contributed by atoms with Crippen molar-refractivity contribution in [1.82, 2.24) is 29.4 Å². The van der Waals surface area contributed by atoms with Gasteiger partial charge in [-0.25, -0.2) is 14.4 Å². The highest BCUT2D eigenvalue weighted by atomic mass is 19.1. The number of hydrogen-bond donors (Lipinski definition) is 2. The van der Waals surface area contributed by atoms with E-state index < -0.39 is 11.9 Å². The predicted molar refractivity (Wildman–Crippen MR) is 127 cm³/mol.